The van der Waals surface area contributed by atoms with E-state index in [0.29, 0.717) is 13.1 Å². The highest BCUT2D eigenvalue weighted by Crippen LogP contribution is 2.30. The topological polar surface area (TPSA) is 75.8 Å². The molecule has 1 heterocycles. The van der Waals surface area contributed by atoms with Gasteiger partial charge in [0.2, 0.25) is 5.91 Å². The SMILES string of the molecule is CC1(C)CN(C(=O)CO)CCC1ON. The Labute approximate surface area is 83.8 Å². The molecule has 14 heavy (non-hydrogen) atoms. The molecule has 5 nitrogen and oxygen atoms in total. The third-order valence-corrected chi connectivity index (χ3v) is 2.78. The van der Waals surface area contributed by atoms with Crippen LogP contribution in [-0.4, -0.2) is 41.7 Å². The van der Waals surface area contributed by atoms with Crippen molar-refractivity contribution in [3.63, 3.8) is 0 Å². The zero-order valence-electron chi connectivity index (χ0n) is 8.69. The smallest absolute Gasteiger partial charge is 0.248 e. The Kier molecular flexibility index (Phi) is 3.47. The number of nitrogens with two attached hydrogens (primary N) is 1. The molecule has 0 saturated carbocycles. The number of likely N-dealkylation sites (tertiary alicyclic amines) is 1. The van der Waals surface area contributed by atoms with Crippen LogP contribution < -0.4 is 5.90 Å². The average Bonchev–Trinajstić information content (AvgIpc) is 2.15. The molecule has 5 heteroatoms. The van der Waals surface area contributed by atoms with Crippen molar-refractivity contribution in [2.75, 3.05) is 19.7 Å². The van der Waals surface area contributed by atoms with E-state index in [1.807, 2.05) is 13.8 Å². The van der Waals surface area contributed by atoms with Crippen LogP contribution in [0, 0.1) is 5.41 Å². The third kappa shape index (κ3) is 2.23. The summed E-state index contributed by atoms with van der Waals surface area (Å²) in [6, 6.07) is 0. The largest absolute Gasteiger partial charge is 0.387 e. The van der Waals surface area contributed by atoms with E-state index in [9.17, 15) is 4.79 Å². The van der Waals surface area contributed by atoms with Crippen molar-refractivity contribution >= 4 is 5.91 Å². The van der Waals surface area contributed by atoms with Gasteiger partial charge in [-0.05, 0) is 6.42 Å². The monoisotopic (exact) mass is 202 g/mol. The van der Waals surface area contributed by atoms with Crippen LogP contribution in [0.25, 0.3) is 0 Å². The van der Waals surface area contributed by atoms with Crippen molar-refractivity contribution in [2.24, 2.45) is 11.3 Å². The van der Waals surface area contributed by atoms with Gasteiger partial charge in [-0.3, -0.25) is 4.79 Å². The zero-order valence-corrected chi connectivity index (χ0v) is 8.69. The van der Waals surface area contributed by atoms with Crippen LogP contribution in [0.3, 0.4) is 0 Å². The normalized spacial score (nSPS) is 26.3. The lowest BCUT2D eigenvalue weighted by molar-refractivity contribution is -0.143. The summed E-state index contributed by atoms with van der Waals surface area (Å²) in [7, 11) is 0. The standard InChI is InChI=1S/C9H18N2O3/c1-9(2)6-11(8(13)5-12)4-3-7(9)14-10/h7,12H,3-6,10H2,1-2H3. The molecule has 1 atom stereocenters. The van der Waals surface area contributed by atoms with Gasteiger partial charge < -0.3 is 14.8 Å². The molecule has 1 aliphatic rings. The quantitative estimate of drug-likeness (QED) is 0.592. The maximum atomic E-state index is 11.3. The zero-order chi connectivity index (χ0) is 10.8. The second-order valence-corrected chi connectivity index (χ2v) is 4.38. The van der Waals surface area contributed by atoms with Crippen LogP contribution in [0.2, 0.25) is 0 Å². The molecular formula is C9H18N2O3. The van der Waals surface area contributed by atoms with Gasteiger partial charge >= 0.3 is 0 Å². The molecule has 1 amide bonds. The van der Waals surface area contributed by atoms with Gasteiger partial charge in [0.15, 0.2) is 0 Å². The fourth-order valence-corrected chi connectivity index (χ4v) is 1.90. The minimum atomic E-state index is -0.426. The second kappa shape index (κ2) is 4.25. The Balaban J connectivity index is 2.62. The van der Waals surface area contributed by atoms with Crippen LogP contribution in [-0.2, 0) is 9.63 Å². The first-order chi connectivity index (χ1) is 6.51. The van der Waals surface area contributed by atoms with Crippen molar-refractivity contribution < 1.29 is 14.7 Å². The van der Waals surface area contributed by atoms with Gasteiger partial charge in [0, 0.05) is 18.5 Å². The number of nitrogens with zero attached hydrogens (tertiary/aromatic N) is 1. The van der Waals surface area contributed by atoms with Gasteiger partial charge in [-0.25, -0.2) is 5.90 Å². The Morgan fingerprint density at radius 1 is 1.71 bits per heavy atom. The molecule has 0 aliphatic carbocycles. The summed E-state index contributed by atoms with van der Waals surface area (Å²) in [4.78, 5) is 17.8. The van der Waals surface area contributed by atoms with Gasteiger partial charge in [0.1, 0.15) is 6.61 Å². The fourth-order valence-electron chi connectivity index (χ4n) is 1.90. The summed E-state index contributed by atoms with van der Waals surface area (Å²) < 4.78 is 0. The number of hydrogen-bond acceptors (Lipinski definition) is 4. The molecule has 3 N–H and O–H groups in total. The van der Waals surface area contributed by atoms with E-state index >= 15 is 0 Å². The van der Waals surface area contributed by atoms with Crippen LogP contribution in [0.4, 0.5) is 0 Å². The molecule has 0 bridgehead atoms. The van der Waals surface area contributed by atoms with Gasteiger partial charge in [-0.15, -0.1) is 0 Å². The molecule has 82 valence electrons. The Bertz CT molecular complexity index is 218. The molecule has 1 rings (SSSR count). The van der Waals surface area contributed by atoms with Crippen molar-refractivity contribution in [1.29, 1.82) is 0 Å². The second-order valence-electron chi connectivity index (χ2n) is 4.38. The highest BCUT2D eigenvalue weighted by atomic mass is 16.6. The number of aliphatic hydroxyl groups excluding tert-OH is 1. The predicted molar refractivity (Wildman–Crippen MR) is 51.1 cm³/mol. The third-order valence-electron chi connectivity index (χ3n) is 2.78. The summed E-state index contributed by atoms with van der Waals surface area (Å²) in [6.07, 6.45) is 0.695. The lowest BCUT2D eigenvalue weighted by Crippen LogP contribution is -2.52. The highest BCUT2D eigenvalue weighted by molar-refractivity contribution is 5.77. The number of amides is 1. The molecule has 0 aromatic heterocycles. The molecule has 0 spiro atoms. The van der Waals surface area contributed by atoms with Crippen LogP contribution in [0.15, 0.2) is 0 Å². The van der Waals surface area contributed by atoms with Crippen LogP contribution in [0.5, 0.6) is 0 Å². The molecular weight excluding hydrogens is 184 g/mol. The molecule has 0 aromatic carbocycles. The number of aliphatic hydroxyl groups is 1. The van der Waals surface area contributed by atoms with E-state index in [1.54, 1.807) is 4.90 Å². The first-order valence-corrected chi connectivity index (χ1v) is 4.75. The molecule has 0 aromatic rings. The van der Waals surface area contributed by atoms with E-state index in [0.717, 1.165) is 6.42 Å². The first-order valence-electron chi connectivity index (χ1n) is 4.75. The van der Waals surface area contributed by atoms with Crippen LogP contribution in [0.1, 0.15) is 20.3 Å². The van der Waals surface area contributed by atoms with E-state index in [1.165, 1.54) is 0 Å². The number of carbonyl (C=O) groups is 1. The van der Waals surface area contributed by atoms with Crippen molar-refractivity contribution in [3.8, 4) is 0 Å². The number of piperidine rings is 1. The highest BCUT2D eigenvalue weighted by Gasteiger charge is 2.37. The number of hydrogen-bond donors (Lipinski definition) is 2. The summed E-state index contributed by atoms with van der Waals surface area (Å²) in [5.74, 6) is 4.95. The fraction of sp³-hybridized carbons (Fsp3) is 0.889. The molecule has 1 aliphatic heterocycles. The molecule has 1 saturated heterocycles. The maximum absolute atomic E-state index is 11.3. The van der Waals surface area contributed by atoms with Gasteiger partial charge in [0.25, 0.3) is 0 Å². The van der Waals surface area contributed by atoms with Crippen molar-refractivity contribution in [3.05, 3.63) is 0 Å². The summed E-state index contributed by atoms with van der Waals surface area (Å²) in [6.45, 7) is 4.76. The Hall–Kier alpha value is -0.650. The molecule has 0 radical (unpaired) electrons. The van der Waals surface area contributed by atoms with Gasteiger partial charge in [-0.1, -0.05) is 13.8 Å². The van der Waals surface area contributed by atoms with E-state index in [2.05, 4.69) is 0 Å². The maximum Gasteiger partial charge on any atom is 0.248 e. The molecule has 1 fully saturated rings. The lowest BCUT2D eigenvalue weighted by Gasteiger charge is -2.42. The molecule has 1 unspecified atom stereocenters. The minimum absolute atomic E-state index is 0.0229. The minimum Gasteiger partial charge on any atom is -0.387 e. The predicted octanol–water partition coefficient (Wildman–Crippen LogP) is -0.504. The van der Waals surface area contributed by atoms with Crippen molar-refractivity contribution in [1.82, 2.24) is 4.90 Å². The van der Waals surface area contributed by atoms with E-state index < -0.39 is 6.61 Å². The Morgan fingerprint density at radius 2 is 2.36 bits per heavy atom. The summed E-state index contributed by atoms with van der Waals surface area (Å²) in [5, 5.41) is 8.73. The van der Waals surface area contributed by atoms with Gasteiger partial charge in [-0.2, -0.15) is 0 Å². The summed E-state index contributed by atoms with van der Waals surface area (Å²) in [5.41, 5.74) is -0.155. The number of carbonyl (C=O) groups excluding carboxylic acids is 1. The van der Waals surface area contributed by atoms with E-state index in [-0.39, 0.29) is 17.4 Å². The summed E-state index contributed by atoms with van der Waals surface area (Å²) >= 11 is 0. The average molecular weight is 202 g/mol. The van der Waals surface area contributed by atoms with Crippen LogP contribution >= 0.6 is 0 Å². The Morgan fingerprint density at radius 3 is 2.79 bits per heavy atom. The van der Waals surface area contributed by atoms with E-state index in [4.69, 9.17) is 15.8 Å². The van der Waals surface area contributed by atoms with Gasteiger partial charge in [0.05, 0.1) is 6.10 Å². The first kappa shape index (κ1) is 11.4. The van der Waals surface area contributed by atoms with Crippen molar-refractivity contribution in [2.45, 2.75) is 26.4 Å². The lowest BCUT2D eigenvalue weighted by atomic mass is 9.81. The number of rotatable bonds is 2.